The Labute approximate surface area is 237 Å². The van der Waals surface area contributed by atoms with Crippen LogP contribution >= 0.6 is 11.3 Å². The average Bonchev–Trinajstić information content (AvgIpc) is 3.46. The molecule has 34 heavy (non-hydrogen) atoms. The molecule has 2 aliphatic heterocycles. The fraction of sp³-hybridized carbons (Fsp3) is 0.310. The summed E-state index contributed by atoms with van der Waals surface area (Å²) in [6.07, 6.45) is 4.76. The topological polar surface area (TPSA) is 0 Å². The van der Waals surface area contributed by atoms with E-state index in [1.54, 1.807) is 45.9 Å². The first-order valence-corrected chi connectivity index (χ1v) is 17.1. The third-order valence-electron chi connectivity index (χ3n) is 7.51. The minimum Gasteiger partial charge on any atom is -1.00 e. The van der Waals surface area contributed by atoms with Crippen LogP contribution in [-0.2, 0) is 31.1 Å². The molecule has 0 N–H and O–H groups in total. The summed E-state index contributed by atoms with van der Waals surface area (Å²) in [7, 11) is -0.972. The van der Waals surface area contributed by atoms with Crippen LogP contribution in [0.15, 0.2) is 65.1 Å². The Kier molecular flexibility index (Phi) is 8.80. The van der Waals surface area contributed by atoms with Gasteiger partial charge in [0.1, 0.15) is 0 Å². The largest absolute Gasteiger partial charge is 1.00 e. The second-order valence-electron chi connectivity index (χ2n) is 9.99. The minimum atomic E-state index is -0.972. The summed E-state index contributed by atoms with van der Waals surface area (Å²) in [6.45, 7) is 11.8. The molecule has 2 aromatic carbocycles. The molecule has 175 valence electrons. The van der Waals surface area contributed by atoms with Gasteiger partial charge in [-0.1, -0.05) is 18.7 Å². The van der Waals surface area contributed by atoms with Gasteiger partial charge >= 0.3 is 137 Å². The van der Waals surface area contributed by atoms with Gasteiger partial charge in [-0.25, -0.2) is 0 Å². The van der Waals surface area contributed by atoms with Crippen molar-refractivity contribution in [3.8, 4) is 11.1 Å². The van der Waals surface area contributed by atoms with Gasteiger partial charge in [0, 0.05) is 10.4 Å². The molecule has 0 saturated heterocycles. The maximum absolute atomic E-state index is 2.51. The fourth-order valence-electron chi connectivity index (χ4n) is 6.05. The quantitative estimate of drug-likeness (QED) is 0.406. The number of thiophene rings is 1. The molecule has 3 heterocycles. The smallest absolute Gasteiger partial charge is 1.00 e. The van der Waals surface area contributed by atoms with Crippen molar-refractivity contribution in [2.75, 3.05) is 0 Å². The van der Waals surface area contributed by atoms with Crippen molar-refractivity contribution in [1.82, 2.24) is 0 Å². The van der Waals surface area contributed by atoms with E-state index in [9.17, 15) is 0 Å². The van der Waals surface area contributed by atoms with Crippen molar-refractivity contribution in [2.24, 2.45) is 0 Å². The van der Waals surface area contributed by atoms with Crippen LogP contribution in [0.3, 0.4) is 0 Å². The summed E-state index contributed by atoms with van der Waals surface area (Å²) in [5.74, 6) is 0. The Hall–Kier alpha value is -0.700. The molecule has 0 radical (unpaired) electrons. The number of allylic oxidation sites excluding steroid dienone is 2. The van der Waals surface area contributed by atoms with Crippen LogP contribution in [0.4, 0.5) is 0 Å². The van der Waals surface area contributed by atoms with Gasteiger partial charge in [0.25, 0.3) is 0 Å². The van der Waals surface area contributed by atoms with Crippen LogP contribution < -0.4 is 24.8 Å². The maximum atomic E-state index is 2.51. The molecular formula is C29H31Cl2SSiZr. The van der Waals surface area contributed by atoms with Crippen LogP contribution in [0.5, 0.6) is 0 Å². The molecule has 2 bridgehead atoms. The molecule has 2 atom stereocenters. The molecule has 3 aromatic rings. The molecule has 0 amide bonds. The van der Waals surface area contributed by atoms with E-state index in [1.807, 2.05) is 11.3 Å². The van der Waals surface area contributed by atoms with Crippen molar-refractivity contribution >= 4 is 30.7 Å². The third kappa shape index (κ3) is 4.46. The van der Waals surface area contributed by atoms with E-state index in [4.69, 9.17) is 0 Å². The predicted molar refractivity (Wildman–Crippen MR) is 139 cm³/mol. The van der Waals surface area contributed by atoms with Gasteiger partial charge in [-0.05, 0) is 29.1 Å². The molecule has 4 aliphatic rings. The van der Waals surface area contributed by atoms with Crippen LogP contribution in [0.1, 0.15) is 63.5 Å². The van der Waals surface area contributed by atoms with E-state index in [0.29, 0.717) is 3.63 Å². The zero-order chi connectivity index (χ0) is 22.6. The maximum Gasteiger partial charge on any atom is -1.00 e. The van der Waals surface area contributed by atoms with Gasteiger partial charge in [0.05, 0.1) is 8.07 Å². The van der Waals surface area contributed by atoms with Gasteiger partial charge < -0.3 is 24.8 Å². The van der Waals surface area contributed by atoms with Gasteiger partial charge in [-0.3, -0.25) is 0 Å². The van der Waals surface area contributed by atoms with Crippen molar-refractivity contribution in [3.63, 3.8) is 0 Å². The first kappa shape index (κ1) is 27.9. The minimum absolute atomic E-state index is 0. The molecule has 1 aromatic heterocycles. The first-order chi connectivity index (χ1) is 15.3. The number of aryl methyl sites for hydroxylation is 1. The van der Waals surface area contributed by atoms with E-state index in [2.05, 4.69) is 93.9 Å². The van der Waals surface area contributed by atoms with Gasteiger partial charge in [-0.15, -0.1) is 11.3 Å². The third-order valence-corrected chi connectivity index (χ3v) is 14.6. The van der Waals surface area contributed by atoms with Gasteiger partial charge in [0.2, 0.25) is 0 Å². The monoisotopic (exact) mass is 599 g/mol. The number of fused-ring (bicyclic) bond motifs is 1. The summed E-state index contributed by atoms with van der Waals surface area (Å²) in [5, 5.41) is 4.02. The molecule has 0 saturated carbocycles. The van der Waals surface area contributed by atoms with Crippen molar-refractivity contribution in [2.45, 2.75) is 55.9 Å². The zero-order valence-corrected chi connectivity index (χ0v) is 26.3. The molecule has 0 nitrogen and oxygen atoms in total. The summed E-state index contributed by atoms with van der Waals surface area (Å²) in [6, 6.07) is 18.2. The Bertz CT molecular complexity index is 1250. The zero-order valence-electron chi connectivity index (χ0n) is 20.5. The van der Waals surface area contributed by atoms with Crippen molar-refractivity contribution in [3.05, 3.63) is 92.2 Å². The summed E-state index contributed by atoms with van der Waals surface area (Å²) >= 11 is 3.53. The summed E-state index contributed by atoms with van der Waals surface area (Å²) in [4.78, 5) is 1.63. The Morgan fingerprint density at radius 3 is 2.26 bits per heavy atom. The molecule has 7 rings (SSSR count). The van der Waals surface area contributed by atoms with E-state index in [1.165, 1.54) is 46.2 Å². The SMILES string of the molecule is CC1=C2c3sccc3C1[Si]2(C)C.CCCc1ccc(-c2cccc3c2C=C(C)[CH]3[Zr+2])cc1.[Cl-].[Cl-]. The molecule has 5 heteroatoms. The number of hydrogen-bond acceptors (Lipinski definition) is 1. The molecular weight excluding hydrogens is 571 g/mol. The molecule has 2 unspecified atom stereocenters. The normalized spacial score (nSPS) is 20.1. The first-order valence-electron chi connectivity index (χ1n) is 11.7. The second-order valence-corrected chi connectivity index (χ2v) is 16.9. The number of benzene rings is 2. The number of halogens is 2. The number of hydrogen-bond donors (Lipinski definition) is 0. The standard InChI is InChI=1S/C19H19.C10H12SSi.2ClH.Zr/c1-3-5-15-8-10-16(11-9-15)18-7-4-6-17-12-14(2)13-19(17)18;1-6-9-7-4-5-11-8(7)10(6)12(9,2)3;;;/h4,6-13H,3,5H2,1-2H3;4-5,9H,1-3H3;2*1H;/q;;;;+2/p-2. The van der Waals surface area contributed by atoms with Gasteiger partial charge in [-0.2, -0.15) is 0 Å². The average molecular weight is 602 g/mol. The van der Waals surface area contributed by atoms with E-state index >= 15 is 0 Å². The molecule has 0 spiro atoms. The van der Waals surface area contributed by atoms with Crippen LogP contribution in [0.2, 0.25) is 13.1 Å². The Morgan fingerprint density at radius 2 is 1.65 bits per heavy atom. The second kappa shape index (κ2) is 10.7. The predicted octanol–water partition coefficient (Wildman–Crippen LogP) is 2.74. The van der Waals surface area contributed by atoms with E-state index in [0.717, 1.165) is 5.54 Å². The Morgan fingerprint density at radius 1 is 0.941 bits per heavy atom. The Balaban J connectivity index is 0.000000199. The van der Waals surface area contributed by atoms with Crippen LogP contribution in [0.25, 0.3) is 22.4 Å². The van der Waals surface area contributed by atoms with Crippen LogP contribution in [-0.4, -0.2) is 8.07 Å². The fourth-order valence-corrected chi connectivity index (χ4v) is 13.1. The summed E-state index contributed by atoms with van der Waals surface area (Å²) < 4.78 is 0.650. The molecule has 0 fully saturated rings. The van der Waals surface area contributed by atoms with E-state index in [-0.39, 0.29) is 24.8 Å². The van der Waals surface area contributed by atoms with Crippen LogP contribution in [0, 0.1) is 0 Å². The van der Waals surface area contributed by atoms with Crippen molar-refractivity contribution in [1.29, 1.82) is 0 Å². The van der Waals surface area contributed by atoms with Gasteiger partial charge in [0.15, 0.2) is 0 Å². The van der Waals surface area contributed by atoms with Crippen molar-refractivity contribution < 1.29 is 49.5 Å². The summed E-state index contributed by atoms with van der Waals surface area (Å²) in [5.41, 5.74) is 12.9. The van der Waals surface area contributed by atoms with E-state index < -0.39 is 8.07 Å². The number of rotatable bonds is 3. The molecule has 2 aliphatic carbocycles.